The number of benzene rings is 1. The van der Waals surface area contributed by atoms with Gasteiger partial charge < -0.3 is 15.0 Å². The number of carboxylic acid groups (broad SMARTS) is 1. The van der Waals surface area contributed by atoms with Crippen molar-refractivity contribution in [2.24, 2.45) is 0 Å². The first kappa shape index (κ1) is 13.6. The van der Waals surface area contributed by atoms with Crippen LogP contribution in [0.1, 0.15) is 41.9 Å². The molecule has 0 bridgehead atoms. The highest BCUT2D eigenvalue weighted by Crippen LogP contribution is 2.41. The molecule has 1 aromatic carbocycles. The molecule has 1 amide bonds. The van der Waals surface area contributed by atoms with Crippen LogP contribution in [0.15, 0.2) is 18.2 Å². The number of carbonyl (C=O) groups is 2. The summed E-state index contributed by atoms with van der Waals surface area (Å²) in [6, 6.07) is 5.03. The average molecular weight is 287 g/mol. The number of fused-ring (bicyclic) bond motifs is 1. The summed E-state index contributed by atoms with van der Waals surface area (Å²) in [4.78, 5) is 27.9. The van der Waals surface area contributed by atoms with E-state index < -0.39 is 5.97 Å². The van der Waals surface area contributed by atoms with Crippen molar-refractivity contribution in [3.05, 3.63) is 29.6 Å². The van der Waals surface area contributed by atoms with Crippen LogP contribution in [0.3, 0.4) is 0 Å². The van der Waals surface area contributed by atoms with E-state index in [-0.39, 0.29) is 18.0 Å². The zero-order chi connectivity index (χ0) is 15.0. The number of nitrogens with zero attached hydrogens (tertiary/aromatic N) is 2. The van der Waals surface area contributed by atoms with E-state index in [1.165, 1.54) is 0 Å². The molecule has 0 saturated heterocycles. The van der Waals surface area contributed by atoms with E-state index in [0.717, 1.165) is 18.7 Å². The second-order valence-corrected chi connectivity index (χ2v) is 5.26. The number of imidazole rings is 1. The number of hydrogen-bond acceptors (Lipinski definition) is 3. The lowest BCUT2D eigenvalue weighted by molar-refractivity contribution is -0.121. The first-order valence-corrected chi connectivity index (χ1v) is 7.11. The van der Waals surface area contributed by atoms with Gasteiger partial charge in [-0.3, -0.25) is 4.79 Å². The largest absolute Gasteiger partial charge is 0.478 e. The highest BCUT2D eigenvalue weighted by Gasteiger charge is 2.31. The molecule has 0 aliphatic heterocycles. The van der Waals surface area contributed by atoms with Gasteiger partial charge in [-0.1, -0.05) is 6.07 Å². The maximum Gasteiger partial charge on any atom is 0.337 e. The van der Waals surface area contributed by atoms with Crippen LogP contribution in [0, 0.1) is 0 Å². The van der Waals surface area contributed by atoms with E-state index in [1.54, 1.807) is 22.8 Å². The lowest BCUT2D eigenvalue weighted by atomic mass is 10.2. The predicted molar refractivity (Wildman–Crippen MR) is 77.4 cm³/mol. The molecule has 0 radical (unpaired) electrons. The van der Waals surface area contributed by atoms with E-state index in [9.17, 15) is 14.7 Å². The summed E-state index contributed by atoms with van der Waals surface area (Å²) in [5.41, 5.74) is 1.37. The van der Waals surface area contributed by atoms with Gasteiger partial charge in [-0.25, -0.2) is 9.78 Å². The summed E-state index contributed by atoms with van der Waals surface area (Å²) in [6.07, 6.45) is 2.09. The maximum atomic E-state index is 11.9. The van der Waals surface area contributed by atoms with Gasteiger partial charge in [0.15, 0.2) is 0 Å². The number of rotatable bonds is 5. The number of aromatic carboxylic acids is 1. The van der Waals surface area contributed by atoms with Gasteiger partial charge in [0, 0.05) is 12.5 Å². The molecule has 1 aliphatic rings. The van der Waals surface area contributed by atoms with Gasteiger partial charge in [0.2, 0.25) is 5.91 Å². The zero-order valence-corrected chi connectivity index (χ0v) is 11.8. The summed E-state index contributed by atoms with van der Waals surface area (Å²) in [6.45, 7) is 2.52. The lowest BCUT2D eigenvalue weighted by Gasteiger charge is -2.10. The normalized spacial score (nSPS) is 14.3. The smallest absolute Gasteiger partial charge is 0.337 e. The van der Waals surface area contributed by atoms with E-state index in [2.05, 4.69) is 10.3 Å². The highest BCUT2D eigenvalue weighted by atomic mass is 16.4. The van der Waals surface area contributed by atoms with E-state index in [1.807, 2.05) is 6.92 Å². The minimum absolute atomic E-state index is 0.112. The number of carbonyl (C=O) groups excluding carboxylic acids is 1. The minimum Gasteiger partial charge on any atom is -0.478 e. The number of para-hydroxylation sites is 1. The molecule has 110 valence electrons. The third-order valence-electron chi connectivity index (χ3n) is 3.64. The topological polar surface area (TPSA) is 84.2 Å². The van der Waals surface area contributed by atoms with Crippen LogP contribution in [0.25, 0.3) is 11.0 Å². The van der Waals surface area contributed by atoms with Gasteiger partial charge in [0.1, 0.15) is 12.4 Å². The number of carboxylic acids is 1. The molecule has 1 heterocycles. The molecule has 6 heteroatoms. The molecule has 2 N–H and O–H groups in total. The van der Waals surface area contributed by atoms with Crippen LogP contribution in [-0.4, -0.2) is 33.1 Å². The van der Waals surface area contributed by atoms with Gasteiger partial charge in [0.05, 0.1) is 16.6 Å². The Morgan fingerprint density at radius 1 is 1.43 bits per heavy atom. The summed E-state index contributed by atoms with van der Waals surface area (Å²) >= 11 is 0. The van der Waals surface area contributed by atoms with Crippen LogP contribution >= 0.6 is 0 Å². The molecular formula is C15H17N3O3. The van der Waals surface area contributed by atoms with Gasteiger partial charge in [-0.05, 0) is 31.9 Å². The van der Waals surface area contributed by atoms with Crippen LogP contribution in [-0.2, 0) is 11.3 Å². The molecule has 1 saturated carbocycles. The Kier molecular flexibility index (Phi) is 3.37. The van der Waals surface area contributed by atoms with Crippen LogP contribution < -0.4 is 5.32 Å². The van der Waals surface area contributed by atoms with E-state index >= 15 is 0 Å². The third kappa shape index (κ3) is 2.49. The fourth-order valence-corrected chi connectivity index (χ4v) is 2.59. The van der Waals surface area contributed by atoms with Crippen molar-refractivity contribution in [3.63, 3.8) is 0 Å². The Labute approximate surface area is 121 Å². The Balaban J connectivity index is 2.15. The van der Waals surface area contributed by atoms with Crippen LogP contribution in [0.4, 0.5) is 0 Å². The highest BCUT2D eigenvalue weighted by molar-refractivity contribution is 6.01. The van der Waals surface area contributed by atoms with E-state index in [4.69, 9.17) is 0 Å². The SMILES string of the molecule is CCNC(=O)Cn1c(C2CC2)nc2cccc(C(=O)O)c21. The van der Waals surface area contributed by atoms with Gasteiger partial charge in [0.25, 0.3) is 0 Å². The van der Waals surface area contributed by atoms with Crippen molar-refractivity contribution in [2.45, 2.75) is 32.2 Å². The number of amides is 1. The van der Waals surface area contributed by atoms with Crippen molar-refractivity contribution in [1.82, 2.24) is 14.9 Å². The first-order chi connectivity index (χ1) is 10.1. The Hall–Kier alpha value is -2.37. The lowest BCUT2D eigenvalue weighted by Crippen LogP contribution is -2.28. The van der Waals surface area contributed by atoms with Crippen LogP contribution in [0.2, 0.25) is 0 Å². The molecule has 1 fully saturated rings. The summed E-state index contributed by atoms with van der Waals surface area (Å²) in [7, 11) is 0. The van der Waals surface area contributed by atoms with Crippen LogP contribution in [0.5, 0.6) is 0 Å². The predicted octanol–water partition coefficient (Wildman–Crippen LogP) is 1.75. The van der Waals surface area contributed by atoms with Gasteiger partial charge >= 0.3 is 5.97 Å². The Bertz CT molecular complexity index is 716. The number of nitrogens with one attached hydrogen (secondary N) is 1. The fourth-order valence-electron chi connectivity index (χ4n) is 2.59. The number of hydrogen-bond donors (Lipinski definition) is 2. The van der Waals surface area contributed by atoms with Crippen molar-refractivity contribution in [3.8, 4) is 0 Å². The quantitative estimate of drug-likeness (QED) is 0.877. The summed E-state index contributed by atoms with van der Waals surface area (Å²) in [5.74, 6) is 0.0392. The standard InChI is InChI=1S/C15H17N3O3/c1-2-16-12(19)8-18-13-10(15(20)21)4-3-5-11(13)17-14(18)9-6-7-9/h3-5,9H,2,6-8H2,1H3,(H,16,19)(H,20,21). The molecule has 21 heavy (non-hydrogen) atoms. The Morgan fingerprint density at radius 2 is 2.19 bits per heavy atom. The molecule has 3 rings (SSSR count). The molecule has 0 unspecified atom stereocenters. The molecule has 6 nitrogen and oxygen atoms in total. The van der Waals surface area contributed by atoms with Crippen molar-refractivity contribution in [1.29, 1.82) is 0 Å². The zero-order valence-electron chi connectivity index (χ0n) is 11.8. The number of aromatic nitrogens is 2. The van der Waals surface area contributed by atoms with Gasteiger partial charge in [-0.15, -0.1) is 0 Å². The third-order valence-corrected chi connectivity index (χ3v) is 3.64. The Morgan fingerprint density at radius 3 is 2.81 bits per heavy atom. The summed E-state index contributed by atoms with van der Waals surface area (Å²) < 4.78 is 1.77. The second kappa shape index (κ2) is 5.20. The minimum atomic E-state index is -1.00. The first-order valence-electron chi connectivity index (χ1n) is 7.11. The van der Waals surface area contributed by atoms with Crippen molar-refractivity contribution in [2.75, 3.05) is 6.54 Å². The van der Waals surface area contributed by atoms with Crippen molar-refractivity contribution >= 4 is 22.9 Å². The second-order valence-electron chi connectivity index (χ2n) is 5.26. The van der Waals surface area contributed by atoms with E-state index in [0.29, 0.717) is 23.5 Å². The summed E-state index contributed by atoms with van der Waals surface area (Å²) in [5, 5.41) is 12.1. The van der Waals surface area contributed by atoms with Gasteiger partial charge in [-0.2, -0.15) is 0 Å². The molecule has 0 atom stereocenters. The molecule has 0 spiro atoms. The molecule has 2 aromatic rings. The van der Waals surface area contributed by atoms with Crippen molar-refractivity contribution < 1.29 is 14.7 Å². The average Bonchev–Trinajstić information content (AvgIpc) is 3.22. The fraction of sp³-hybridized carbons (Fsp3) is 0.400. The number of likely N-dealkylation sites (N-methyl/N-ethyl adjacent to an activating group) is 1. The maximum absolute atomic E-state index is 11.9. The molecule has 1 aliphatic carbocycles. The molecular weight excluding hydrogens is 270 g/mol. The molecule has 1 aromatic heterocycles. The monoisotopic (exact) mass is 287 g/mol.